The topological polar surface area (TPSA) is 117 Å². The lowest BCUT2D eigenvalue weighted by molar-refractivity contribution is -0.165. The predicted molar refractivity (Wildman–Crippen MR) is 199 cm³/mol. The molecule has 11 heteroatoms. The van der Waals surface area contributed by atoms with Gasteiger partial charge in [0.1, 0.15) is 17.7 Å². The van der Waals surface area contributed by atoms with Gasteiger partial charge in [-0.2, -0.15) is 0 Å². The molecule has 1 N–H and O–H groups in total. The van der Waals surface area contributed by atoms with Crippen LogP contribution in [0.1, 0.15) is 62.3 Å². The normalized spacial score (nSPS) is 26.6. The molecular weight excluding hydrogens is 714 g/mol. The van der Waals surface area contributed by atoms with Crippen molar-refractivity contribution in [3.05, 3.63) is 90.5 Å². The smallest absolute Gasteiger partial charge is 0.313 e. The van der Waals surface area contributed by atoms with E-state index >= 15 is 4.79 Å². The third-order valence-electron chi connectivity index (χ3n) is 10.9. The first-order valence-corrected chi connectivity index (χ1v) is 18.6. The van der Waals surface area contributed by atoms with Crippen LogP contribution in [0.3, 0.4) is 0 Å². The Morgan fingerprint density at radius 2 is 1.86 bits per heavy atom. The van der Waals surface area contributed by atoms with Crippen molar-refractivity contribution in [1.29, 1.82) is 0 Å². The molecule has 1 unspecified atom stereocenters. The van der Waals surface area contributed by atoms with Crippen LogP contribution in [0.5, 0.6) is 0 Å². The first kappa shape index (κ1) is 38.4. The summed E-state index contributed by atoms with van der Waals surface area (Å²) >= 11 is 3.75. The number of carbonyl (C=O) groups excluding carboxylic acids is 4. The number of fused-ring (bicyclic) bond motifs is 1. The van der Waals surface area contributed by atoms with Gasteiger partial charge in [-0.05, 0) is 62.8 Å². The number of rotatable bonds is 15. The summed E-state index contributed by atoms with van der Waals surface area (Å²) in [5.41, 5.74) is 1.87. The van der Waals surface area contributed by atoms with Crippen molar-refractivity contribution in [3.8, 4) is 0 Å². The van der Waals surface area contributed by atoms with Crippen LogP contribution in [0.25, 0.3) is 0 Å². The summed E-state index contributed by atoms with van der Waals surface area (Å²) in [6, 6.07) is 12.7. The number of esters is 1. The number of benzene rings is 2. The van der Waals surface area contributed by atoms with Gasteiger partial charge in [0.2, 0.25) is 11.8 Å². The van der Waals surface area contributed by atoms with E-state index in [0.29, 0.717) is 30.5 Å². The molecule has 3 aliphatic rings. The Morgan fingerprint density at radius 1 is 1.16 bits per heavy atom. The van der Waals surface area contributed by atoms with E-state index < -0.39 is 59.6 Å². The molecule has 0 aromatic heterocycles. The Bertz CT molecular complexity index is 1650. The summed E-state index contributed by atoms with van der Waals surface area (Å²) in [6.45, 7) is 15.0. The zero-order valence-corrected chi connectivity index (χ0v) is 31.8. The number of nitrogens with zero attached hydrogens (tertiary/aromatic N) is 3. The average Bonchev–Trinajstić information content (AvgIpc) is 3.72. The van der Waals surface area contributed by atoms with Gasteiger partial charge in [0.25, 0.3) is 5.91 Å². The summed E-state index contributed by atoms with van der Waals surface area (Å²) in [5.74, 6) is -3.61. The molecule has 3 heterocycles. The highest BCUT2D eigenvalue weighted by Crippen LogP contribution is 2.61. The lowest BCUT2D eigenvalue weighted by Gasteiger charge is -2.39. The molecule has 3 amide bonds. The molecule has 51 heavy (non-hydrogen) atoms. The highest BCUT2D eigenvalue weighted by Gasteiger charge is 2.77. The van der Waals surface area contributed by atoms with Crippen LogP contribution in [0.2, 0.25) is 0 Å². The average molecular weight is 765 g/mol. The second-order valence-electron chi connectivity index (χ2n) is 14.0. The third kappa shape index (κ3) is 6.92. The van der Waals surface area contributed by atoms with Crippen molar-refractivity contribution >= 4 is 45.3 Å². The maximum atomic E-state index is 15.0. The van der Waals surface area contributed by atoms with Crippen molar-refractivity contribution in [2.24, 2.45) is 11.8 Å². The quantitative estimate of drug-likeness (QED) is 0.146. The van der Waals surface area contributed by atoms with Crippen LogP contribution in [-0.2, 0) is 28.7 Å². The molecule has 2 aromatic carbocycles. The summed E-state index contributed by atoms with van der Waals surface area (Å²) < 4.78 is 13.1. The number of aliphatic hydroxyl groups excluding tert-OH is 1. The maximum absolute atomic E-state index is 15.0. The van der Waals surface area contributed by atoms with E-state index in [1.807, 2.05) is 76.2 Å². The second-order valence-corrected chi connectivity index (χ2v) is 15.2. The predicted octanol–water partition coefficient (Wildman–Crippen LogP) is 5.44. The molecule has 3 aliphatic heterocycles. The number of hydrogen-bond acceptors (Lipinski definition) is 7. The van der Waals surface area contributed by atoms with E-state index in [0.717, 1.165) is 11.1 Å². The number of hydrogen-bond donors (Lipinski definition) is 1. The Labute approximate surface area is 309 Å². The molecule has 3 fully saturated rings. The van der Waals surface area contributed by atoms with Gasteiger partial charge in [-0.3, -0.25) is 19.2 Å². The molecule has 0 aliphatic carbocycles. The van der Waals surface area contributed by atoms with Gasteiger partial charge in [0.15, 0.2) is 0 Å². The van der Waals surface area contributed by atoms with Gasteiger partial charge in [-0.15, -0.1) is 13.2 Å². The van der Waals surface area contributed by atoms with E-state index in [1.165, 1.54) is 4.90 Å². The number of ether oxygens (including phenoxy) is 2. The van der Waals surface area contributed by atoms with Crippen LogP contribution in [-0.4, -0.2) is 93.5 Å². The number of likely N-dealkylation sites (N-methyl/N-ethyl adjacent to an activating group) is 1. The van der Waals surface area contributed by atoms with Crippen LogP contribution in [0, 0.1) is 25.7 Å². The highest BCUT2D eigenvalue weighted by atomic mass is 79.9. The summed E-state index contributed by atoms with van der Waals surface area (Å²) in [4.78, 5) is 61.7. The number of alkyl halides is 1. The molecule has 3 saturated heterocycles. The van der Waals surface area contributed by atoms with E-state index in [9.17, 15) is 19.5 Å². The van der Waals surface area contributed by atoms with Gasteiger partial charge in [0, 0.05) is 30.5 Å². The van der Waals surface area contributed by atoms with Crippen molar-refractivity contribution in [3.63, 3.8) is 0 Å². The highest BCUT2D eigenvalue weighted by molar-refractivity contribution is 9.09. The summed E-state index contributed by atoms with van der Waals surface area (Å²) in [6.07, 6.45) is 3.21. The zero-order valence-electron chi connectivity index (χ0n) is 30.2. The monoisotopic (exact) mass is 763 g/mol. The van der Waals surface area contributed by atoms with Crippen molar-refractivity contribution in [2.75, 3.05) is 25.1 Å². The van der Waals surface area contributed by atoms with Crippen LogP contribution >= 0.6 is 15.9 Å². The lowest BCUT2D eigenvalue weighted by Crippen LogP contribution is -2.59. The number of allylic oxidation sites excluding steroid dienone is 1. The standard InChI is InChI=1S/C40H50BrN3O7/c1-8-11-17-31(46)42(7)26(6)34(27-15-13-12-14-16-27)50-39(49)32-33-37(47)44(28(10-3)23-45)36(40(33)22-29(41)35(32)51-40)38(48)43(20-9-2)30-21-24(4)18-19-25(30)5/h8-9,12-16,18-19,21,26,28-29,32-36,45H,1-2,10-11,17,20,22-23H2,3-7H3/t26-,28-,29?,32+,33-,34+,35+,36+,40-/m0/s1. The molecular formula is C40H50BrN3O7. The summed E-state index contributed by atoms with van der Waals surface area (Å²) in [7, 11) is 1.68. The minimum Gasteiger partial charge on any atom is -0.455 e. The molecule has 0 radical (unpaired) electrons. The fourth-order valence-corrected chi connectivity index (χ4v) is 9.08. The first-order chi connectivity index (χ1) is 24.4. The number of likely N-dealkylation sites (tertiary alicyclic amines) is 1. The van der Waals surface area contributed by atoms with Gasteiger partial charge >= 0.3 is 5.97 Å². The minimum absolute atomic E-state index is 0.118. The molecule has 9 atom stereocenters. The molecule has 274 valence electrons. The number of carbonyl (C=O) groups is 4. The first-order valence-electron chi connectivity index (χ1n) is 17.7. The minimum atomic E-state index is -1.36. The molecule has 10 nitrogen and oxygen atoms in total. The lowest BCUT2D eigenvalue weighted by atomic mass is 9.70. The Balaban J connectivity index is 1.56. The fraction of sp³-hybridized carbons (Fsp3) is 0.500. The van der Waals surface area contributed by atoms with Gasteiger partial charge < -0.3 is 29.3 Å². The number of halogens is 1. The van der Waals surface area contributed by atoms with E-state index in [2.05, 4.69) is 29.1 Å². The number of aryl methyl sites for hydroxylation is 2. The van der Waals surface area contributed by atoms with Crippen LogP contribution in [0.4, 0.5) is 5.69 Å². The van der Waals surface area contributed by atoms with Crippen molar-refractivity contribution in [1.82, 2.24) is 9.80 Å². The van der Waals surface area contributed by atoms with E-state index in [-0.39, 0.29) is 36.2 Å². The Hall–Kier alpha value is -3.80. The van der Waals surface area contributed by atoms with E-state index in [1.54, 1.807) is 29.0 Å². The van der Waals surface area contributed by atoms with Crippen molar-refractivity contribution < 1.29 is 33.8 Å². The van der Waals surface area contributed by atoms with Gasteiger partial charge in [-0.25, -0.2) is 0 Å². The van der Waals surface area contributed by atoms with Crippen molar-refractivity contribution in [2.45, 2.75) is 94.1 Å². The Kier molecular flexibility index (Phi) is 11.9. The number of anilines is 1. The van der Waals surface area contributed by atoms with Gasteiger partial charge in [-0.1, -0.05) is 77.5 Å². The molecule has 1 spiro atoms. The fourth-order valence-electron chi connectivity index (χ4n) is 8.14. The largest absolute Gasteiger partial charge is 0.455 e. The van der Waals surface area contributed by atoms with Crippen LogP contribution < -0.4 is 4.90 Å². The summed E-state index contributed by atoms with van der Waals surface area (Å²) in [5, 5.41) is 10.5. The second kappa shape index (κ2) is 15.8. The maximum Gasteiger partial charge on any atom is 0.313 e. The molecule has 5 rings (SSSR count). The Morgan fingerprint density at radius 3 is 2.49 bits per heavy atom. The number of amides is 3. The molecule has 2 aromatic rings. The van der Waals surface area contributed by atoms with Gasteiger partial charge in [0.05, 0.1) is 36.6 Å². The number of aliphatic hydroxyl groups is 1. The molecule has 0 saturated carbocycles. The zero-order chi connectivity index (χ0) is 37.2. The van der Waals surface area contributed by atoms with E-state index in [4.69, 9.17) is 9.47 Å². The SMILES string of the molecule is C=CCCC(=O)N(C)[C@@H](C)[C@@H](OC(=O)[C@H]1[C@@H]2O[C@@]3(CC2Br)[C@@H]1C(=O)N([C@@H](CC)CO)[C@@H]3C(=O)N(CC=C)c1cc(C)ccc1C)c1ccccc1. The third-order valence-corrected chi connectivity index (χ3v) is 11.8. The molecule has 2 bridgehead atoms. The van der Waals surface area contributed by atoms with Crippen LogP contribution in [0.15, 0.2) is 73.8 Å².